The molecular weight excluding hydrogens is 889 g/mol. The first-order chi connectivity index (χ1) is 35.5. The number of esters is 3. The van der Waals surface area contributed by atoms with Gasteiger partial charge in [0.1, 0.15) is 13.2 Å². The number of allylic oxidation sites excluding steroid dienone is 10. The predicted octanol–water partition coefficient (Wildman–Crippen LogP) is 21.2. The zero-order valence-corrected chi connectivity index (χ0v) is 47.9. The molecule has 0 aliphatic heterocycles. The Morgan fingerprint density at radius 1 is 0.292 bits per heavy atom. The van der Waals surface area contributed by atoms with Crippen molar-refractivity contribution in [1.82, 2.24) is 0 Å². The van der Waals surface area contributed by atoms with Gasteiger partial charge in [-0.1, -0.05) is 300 Å². The van der Waals surface area contributed by atoms with Crippen LogP contribution in [0.5, 0.6) is 0 Å². The molecule has 0 rings (SSSR count). The largest absolute Gasteiger partial charge is 0.462 e. The van der Waals surface area contributed by atoms with E-state index in [1.54, 1.807) is 0 Å². The van der Waals surface area contributed by atoms with E-state index in [4.69, 9.17) is 14.2 Å². The van der Waals surface area contributed by atoms with Crippen LogP contribution in [0, 0.1) is 0 Å². The van der Waals surface area contributed by atoms with Crippen LogP contribution >= 0.6 is 0 Å². The van der Waals surface area contributed by atoms with Crippen LogP contribution in [-0.2, 0) is 28.6 Å². The van der Waals surface area contributed by atoms with Crippen LogP contribution in [0.25, 0.3) is 0 Å². The molecule has 0 aromatic carbocycles. The van der Waals surface area contributed by atoms with Gasteiger partial charge in [0.2, 0.25) is 0 Å². The van der Waals surface area contributed by atoms with Crippen molar-refractivity contribution in [1.29, 1.82) is 0 Å². The van der Waals surface area contributed by atoms with Crippen molar-refractivity contribution in [2.45, 2.75) is 329 Å². The molecule has 0 amide bonds. The molecule has 0 N–H and O–H groups in total. The maximum Gasteiger partial charge on any atom is 0.306 e. The molecule has 418 valence electrons. The van der Waals surface area contributed by atoms with Crippen molar-refractivity contribution < 1.29 is 28.6 Å². The van der Waals surface area contributed by atoms with Crippen LogP contribution in [-0.4, -0.2) is 37.2 Å². The van der Waals surface area contributed by atoms with Gasteiger partial charge in [-0.05, 0) is 64.2 Å². The third-order valence-corrected chi connectivity index (χ3v) is 13.8. The fourth-order valence-corrected chi connectivity index (χ4v) is 9.12. The smallest absolute Gasteiger partial charge is 0.306 e. The molecule has 0 spiro atoms. The third-order valence-electron chi connectivity index (χ3n) is 13.8. The number of ether oxygens (including phenoxy) is 3. The van der Waals surface area contributed by atoms with E-state index < -0.39 is 6.10 Å². The minimum Gasteiger partial charge on any atom is -0.462 e. The van der Waals surface area contributed by atoms with Gasteiger partial charge in [0.05, 0.1) is 0 Å². The molecule has 1 unspecified atom stereocenters. The molecule has 0 saturated heterocycles. The first-order valence-corrected chi connectivity index (χ1v) is 31.3. The molecular formula is C66H118O6. The Bertz CT molecular complexity index is 1290. The highest BCUT2D eigenvalue weighted by molar-refractivity contribution is 5.71. The van der Waals surface area contributed by atoms with Gasteiger partial charge in [0.25, 0.3) is 0 Å². The van der Waals surface area contributed by atoms with Crippen LogP contribution in [0.3, 0.4) is 0 Å². The summed E-state index contributed by atoms with van der Waals surface area (Å²) in [4.78, 5) is 38.2. The van der Waals surface area contributed by atoms with Crippen LogP contribution in [0.15, 0.2) is 60.8 Å². The number of hydrogen-bond donors (Lipinski definition) is 0. The minimum atomic E-state index is -0.771. The average molecular weight is 1010 g/mol. The topological polar surface area (TPSA) is 78.9 Å². The van der Waals surface area contributed by atoms with Crippen molar-refractivity contribution in [2.24, 2.45) is 0 Å². The molecule has 0 fully saturated rings. The second kappa shape index (κ2) is 60.7. The molecule has 0 saturated carbocycles. The number of hydrogen-bond acceptors (Lipinski definition) is 6. The normalized spacial score (nSPS) is 12.4. The SMILES string of the molecule is CC/C=C\C/C=C\C/C=C\C/C=C\C/C=C\CCCCCCCCCCCCCC(=O)OCC(COC(=O)CCCCCCCCCCCCCCC)OC(=O)CCCCCCCCCCCCCCCC. The molecule has 0 aromatic heterocycles. The lowest BCUT2D eigenvalue weighted by atomic mass is 10.0. The van der Waals surface area contributed by atoms with Crippen LogP contribution < -0.4 is 0 Å². The Hall–Kier alpha value is -2.89. The van der Waals surface area contributed by atoms with Crippen LogP contribution in [0.4, 0.5) is 0 Å². The van der Waals surface area contributed by atoms with E-state index in [0.717, 1.165) is 89.9 Å². The Morgan fingerprint density at radius 3 is 0.847 bits per heavy atom. The molecule has 6 heteroatoms. The van der Waals surface area contributed by atoms with Gasteiger partial charge >= 0.3 is 17.9 Å². The fraction of sp³-hybridized carbons (Fsp3) is 0.803. The highest BCUT2D eigenvalue weighted by atomic mass is 16.6. The van der Waals surface area contributed by atoms with E-state index in [9.17, 15) is 14.4 Å². The Balaban J connectivity index is 4.23. The summed E-state index contributed by atoms with van der Waals surface area (Å²) in [7, 11) is 0. The van der Waals surface area contributed by atoms with Crippen LogP contribution in [0.2, 0.25) is 0 Å². The molecule has 0 bridgehead atoms. The first kappa shape index (κ1) is 69.1. The molecule has 0 aromatic rings. The highest BCUT2D eigenvalue weighted by Gasteiger charge is 2.19. The van der Waals surface area contributed by atoms with Crippen molar-refractivity contribution in [2.75, 3.05) is 13.2 Å². The van der Waals surface area contributed by atoms with Gasteiger partial charge in [-0.25, -0.2) is 0 Å². The summed E-state index contributed by atoms with van der Waals surface area (Å²) in [6.07, 6.45) is 76.5. The summed E-state index contributed by atoms with van der Waals surface area (Å²) < 4.78 is 16.9. The third kappa shape index (κ3) is 58.0. The molecule has 0 heterocycles. The summed E-state index contributed by atoms with van der Waals surface area (Å²) >= 11 is 0. The van der Waals surface area contributed by atoms with E-state index in [2.05, 4.69) is 81.5 Å². The van der Waals surface area contributed by atoms with Crippen molar-refractivity contribution in [3.05, 3.63) is 60.8 Å². The van der Waals surface area contributed by atoms with E-state index in [1.165, 1.54) is 193 Å². The zero-order chi connectivity index (χ0) is 52.2. The molecule has 6 nitrogen and oxygen atoms in total. The van der Waals surface area contributed by atoms with Gasteiger partial charge in [-0.2, -0.15) is 0 Å². The maximum absolute atomic E-state index is 12.9. The van der Waals surface area contributed by atoms with Crippen molar-refractivity contribution in [3.63, 3.8) is 0 Å². The quantitative estimate of drug-likeness (QED) is 0.0261. The minimum absolute atomic E-state index is 0.0693. The molecule has 0 aliphatic carbocycles. The predicted molar refractivity (Wildman–Crippen MR) is 312 cm³/mol. The van der Waals surface area contributed by atoms with E-state index in [0.29, 0.717) is 19.3 Å². The highest BCUT2D eigenvalue weighted by Crippen LogP contribution is 2.17. The van der Waals surface area contributed by atoms with Gasteiger partial charge in [-0.15, -0.1) is 0 Å². The summed E-state index contributed by atoms with van der Waals surface area (Å²) in [6.45, 7) is 6.56. The lowest BCUT2D eigenvalue weighted by Crippen LogP contribution is -2.30. The van der Waals surface area contributed by atoms with Crippen molar-refractivity contribution >= 4 is 17.9 Å². The Morgan fingerprint density at radius 2 is 0.542 bits per heavy atom. The zero-order valence-electron chi connectivity index (χ0n) is 47.9. The number of unbranched alkanes of at least 4 members (excludes halogenated alkanes) is 36. The van der Waals surface area contributed by atoms with E-state index >= 15 is 0 Å². The lowest BCUT2D eigenvalue weighted by Gasteiger charge is -2.18. The van der Waals surface area contributed by atoms with Gasteiger partial charge in [-0.3, -0.25) is 14.4 Å². The molecule has 72 heavy (non-hydrogen) atoms. The van der Waals surface area contributed by atoms with Crippen molar-refractivity contribution in [3.8, 4) is 0 Å². The van der Waals surface area contributed by atoms with Gasteiger partial charge in [0, 0.05) is 19.3 Å². The lowest BCUT2D eigenvalue weighted by molar-refractivity contribution is -0.167. The number of carbonyl (C=O) groups excluding carboxylic acids is 3. The average Bonchev–Trinajstić information content (AvgIpc) is 3.38. The summed E-state index contributed by atoms with van der Waals surface area (Å²) in [5.41, 5.74) is 0. The van der Waals surface area contributed by atoms with E-state index in [1.807, 2.05) is 0 Å². The Labute approximate surface area is 447 Å². The number of rotatable bonds is 57. The molecule has 0 aliphatic rings. The van der Waals surface area contributed by atoms with E-state index in [-0.39, 0.29) is 31.1 Å². The molecule has 1 atom stereocenters. The summed E-state index contributed by atoms with van der Waals surface area (Å²) in [6, 6.07) is 0. The summed E-state index contributed by atoms with van der Waals surface area (Å²) in [5, 5.41) is 0. The van der Waals surface area contributed by atoms with Gasteiger partial charge < -0.3 is 14.2 Å². The summed E-state index contributed by atoms with van der Waals surface area (Å²) in [5.74, 6) is -0.854. The monoisotopic (exact) mass is 1010 g/mol. The fourth-order valence-electron chi connectivity index (χ4n) is 9.12. The standard InChI is InChI=1S/C66H118O6/c1-4-7-10-13-16-19-22-25-27-28-29-30-31-32-33-34-35-36-37-38-39-42-44-47-50-53-56-59-65(68)71-62-63(61-70-64(67)58-55-52-49-46-43-40-24-21-18-15-12-9-6-3)72-66(69)60-57-54-51-48-45-41-26-23-20-17-14-11-8-5-2/h7,10,16,19,25,27,29-30,32-33,63H,4-6,8-9,11-15,17-18,20-24,26,28,31,34-62H2,1-3H3/b10-7-,19-16-,27-25-,30-29-,33-32-. The van der Waals surface area contributed by atoms with Crippen LogP contribution in [0.1, 0.15) is 323 Å². The second-order valence-electron chi connectivity index (χ2n) is 21.0. The van der Waals surface area contributed by atoms with Gasteiger partial charge in [0.15, 0.2) is 6.10 Å². The maximum atomic E-state index is 12.9. The second-order valence-corrected chi connectivity index (χ2v) is 21.0. The first-order valence-electron chi connectivity index (χ1n) is 31.3. The number of carbonyl (C=O) groups is 3. The Kier molecular flexibility index (Phi) is 58.2. The molecule has 0 radical (unpaired) electrons.